The molecule has 1 aliphatic carbocycles. The van der Waals surface area contributed by atoms with Crippen molar-refractivity contribution in [2.45, 2.75) is 44.8 Å². The van der Waals surface area contributed by atoms with Gasteiger partial charge in [-0.2, -0.15) is 0 Å². The molecule has 0 radical (unpaired) electrons. The van der Waals surface area contributed by atoms with Crippen molar-refractivity contribution in [2.24, 2.45) is 0 Å². The predicted octanol–water partition coefficient (Wildman–Crippen LogP) is 2.26. The van der Waals surface area contributed by atoms with Gasteiger partial charge in [-0.3, -0.25) is 15.0 Å². The lowest BCUT2D eigenvalue weighted by Crippen LogP contribution is -2.55. The Kier molecular flexibility index (Phi) is 5.11. The molecule has 22 heavy (non-hydrogen) atoms. The summed E-state index contributed by atoms with van der Waals surface area (Å²) in [6.07, 6.45) is 3.93. The van der Waals surface area contributed by atoms with Crippen LogP contribution in [-0.2, 0) is 4.79 Å². The zero-order valence-electron chi connectivity index (χ0n) is 13.5. The maximum Gasteiger partial charge on any atom is 0.133 e. The van der Waals surface area contributed by atoms with Crippen molar-refractivity contribution in [1.82, 2.24) is 10.2 Å². The van der Waals surface area contributed by atoms with E-state index in [1.54, 1.807) is 0 Å². The van der Waals surface area contributed by atoms with Crippen molar-refractivity contribution in [3.63, 3.8) is 0 Å². The number of nitrogens with one attached hydrogen (secondary N) is 1. The molecule has 1 atom stereocenters. The Hall–Kier alpha value is -1.39. The molecule has 2 aliphatic rings. The molecule has 4 heteroatoms. The van der Waals surface area contributed by atoms with E-state index in [-0.39, 0.29) is 0 Å². The number of carbonyl (C=O) groups excluding carboxylic acids is 1. The quantitative estimate of drug-likeness (QED) is 0.925. The van der Waals surface area contributed by atoms with Crippen LogP contribution in [0.5, 0.6) is 0 Å². The maximum absolute atomic E-state index is 11.3. The van der Waals surface area contributed by atoms with Crippen LogP contribution in [0.25, 0.3) is 0 Å². The number of carbonyl (C=O) groups is 1. The molecule has 120 valence electrons. The highest BCUT2D eigenvalue weighted by molar-refractivity contribution is 5.79. The second kappa shape index (κ2) is 7.25. The van der Waals surface area contributed by atoms with E-state index in [0.29, 0.717) is 18.0 Å². The molecule has 0 aromatic heterocycles. The molecule has 1 heterocycles. The maximum atomic E-state index is 11.3. The second-order valence-electron chi connectivity index (χ2n) is 6.51. The summed E-state index contributed by atoms with van der Waals surface area (Å²) >= 11 is 0. The van der Waals surface area contributed by atoms with Gasteiger partial charge >= 0.3 is 0 Å². The first-order chi connectivity index (χ1) is 10.7. The third-order valence-electron chi connectivity index (χ3n) is 5.00. The van der Waals surface area contributed by atoms with Crippen LogP contribution in [0.15, 0.2) is 30.3 Å². The number of para-hydroxylation sites is 1. The topological polar surface area (TPSA) is 35.6 Å². The van der Waals surface area contributed by atoms with Gasteiger partial charge < -0.3 is 4.90 Å². The van der Waals surface area contributed by atoms with Gasteiger partial charge in [-0.15, -0.1) is 0 Å². The summed E-state index contributed by atoms with van der Waals surface area (Å²) in [6, 6.07) is 11.2. The zero-order valence-corrected chi connectivity index (χ0v) is 13.5. The highest BCUT2D eigenvalue weighted by Gasteiger charge is 2.25. The van der Waals surface area contributed by atoms with Crippen LogP contribution in [-0.4, -0.2) is 49.1 Å². The van der Waals surface area contributed by atoms with Crippen molar-refractivity contribution in [3.05, 3.63) is 30.3 Å². The van der Waals surface area contributed by atoms with Gasteiger partial charge in [0.15, 0.2) is 0 Å². The van der Waals surface area contributed by atoms with E-state index in [1.807, 2.05) is 0 Å². The summed E-state index contributed by atoms with van der Waals surface area (Å²) < 4.78 is 0. The molecule has 1 aliphatic heterocycles. The molecule has 3 rings (SSSR count). The third kappa shape index (κ3) is 3.87. The molecule has 1 aromatic carbocycles. The van der Waals surface area contributed by atoms with Crippen molar-refractivity contribution in [1.29, 1.82) is 0 Å². The van der Waals surface area contributed by atoms with Crippen LogP contribution < -0.4 is 10.2 Å². The lowest BCUT2D eigenvalue weighted by molar-refractivity contribution is -0.120. The fourth-order valence-corrected chi connectivity index (χ4v) is 3.56. The number of hydrogen-bond donors (Lipinski definition) is 1. The predicted molar refractivity (Wildman–Crippen MR) is 90.1 cm³/mol. The highest BCUT2D eigenvalue weighted by atomic mass is 16.1. The molecule has 0 bridgehead atoms. The van der Waals surface area contributed by atoms with E-state index in [1.165, 1.54) is 5.69 Å². The molecule has 4 nitrogen and oxygen atoms in total. The number of hydrogen-bond acceptors (Lipinski definition) is 4. The normalized spacial score (nSPS) is 22.8. The molecule has 0 amide bonds. The zero-order chi connectivity index (χ0) is 15.4. The highest BCUT2D eigenvalue weighted by Crippen LogP contribution is 2.18. The van der Waals surface area contributed by atoms with Crippen LogP contribution in [0.1, 0.15) is 32.6 Å². The molecule has 1 saturated carbocycles. The first-order valence-corrected chi connectivity index (χ1v) is 8.54. The van der Waals surface area contributed by atoms with Crippen molar-refractivity contribution in [3.8, 4) is 0 Å². The number of piperazine rings is 1. The van der Waals surface area contributed by atoms with Crippen LogP contribution in [0.4, 0.5) is 5.69 Å². The minimum atomic E-state index is 0.399. The minimum Gasteiger partial charge on any atom is -0.369 e. The molecule has 2 fully saturated rings. The summed E-state index contributed by atoms with van der Waals surface area (Å²) in [5.41, 5.74) is 1.33. The average molecular weight is 301 g/mol. The van der Waals surface area contributed by atoms with Gasteiger partial charge in [-0.05, 0) is 31.9 Å². The third-order valence-corrected chi connectivity index (χ3v) is 5.00. The molecule has 1 N–H and O–H groups in total. The van der Waals surface area contributed by atoms with Crippen LogP contribution in [0, 0.1) is 0 Å². The van der Waals surface area contributed by atoms with E-state index in [9.17, 15) is 4.79 Å². The van der Waals surface area contributed by atoms with E-state index < -0.39 is 0 Å². The Morgan fingerprint density at radius 2 is 1.68 bits per heavy atom. The molecule has 1 saturated heterocycles. The second-order valence-corrected chi connectivity index (χ2v) is 6.51. The van der Waals surface area contributed by atoms with E-state index in [2.05, 4.69) is 52.4 Å². The van der Waals surface area contributed by atoms with Crippen molar-refractivity contribution in [2.75, 3.05) is 31.1 Å². The van der Waals surface area contributed by atoms with E-state index in [0.717, 1.165) is 51.9 Å². The van der Waals surface area contributed by atoms with Crippen molar-refractivity contribution >= 4 is 11.5 Å². The molecule has 0 spiro atoms. The van der Waals surface area contributed by atoms with Crippen LogP contribution in [0.2, 0.25) is 0 Å². The van der Waals surface area contributed by atoms with Gasteiger partial charge in [-0.1, -0.05) is 18.2 Å². The van der Waals surface area contributed by atoms with Gasteiger partial charge in [0.2, 0.25) is 0 Å². The summed E-state index contributed by atoms with van der Waals surface area (Å²) in [7, 11) is 0. The van der Waals surface area contributed by atoms with Crippen LogP contribution in [0.3, 0.4) is 0 Å². The standard InChI is InChI=1S/C18H27N3O/c1-15(19-16-7-9-18(22)10-8-16)20-11-13-21(14-12-20)17-5-3-2-4-6-17/h2-6,15-16,19H,7-14H2,1H3. The number of rotatable bonds is 4. The van der Waals surface area contributed by atoms with Gasteiger partial charge in [0.1, 0.15) is 5.78 Å². The Balaban J connectivity index is 1.45. The first kappa shape index (κ1) is 15.5. The van der Waals surface area contributed by atoms with Gasteiger partial charge in [-0.25, -0.2) is 0 Å². The molecule has 1 unspecified atom stereocenters. The Bertz CT molecular complexity index is 472. The summed E-state index contributed by atoms with van der Waals surface area (Å²) in [5, 5.41) is 3.72. The number of nitrogens with zero attached hydrogens (tertiary/aromatic N) is 2. The lowest BCUT2D eigenvalue weighted by Gasteiger charge is -2.40. The number of ketones is 1. The Morgan fingerprint density at radius 3 is 2.32 bits per heavy atom. The SMILES string of the molecule is CC(NC1CCC(=O)CC1)N1CCN(c2ccccc2)CC1. The average Bonchev–Trinajstić information content (AvgIpc) is 2.58. The van der Waals surface area contributed by atoms with E-state index >= 15 is 0 Å². The number of anilines is 1. The summed E-state index contributed by atoms with van der Waals surface area (Å²) in [4.78, 5) is 16.3. The molecule has 1 aromatic rings. The van der Waals surface area contributed by atoms with Crippen molar-refractivity contribution < 1.29 is 4.79 Å². The molecular formula is C18H27N3O. The minimum absolute atomic E-state index is 0.399. The smallest absolute Gasteiger partial charge is 0.133 e. The number of Topliss-reactive ketones (excluding diaryl/α,β-unsaturated/α-hetero) is 1. The fraction of sp³-hybridized carbons (Fsp3) is 0.611. The van der Waals surface area contributed by atoms with Crippen LogP contribution >= 0.6 is 0 Å². The first-order valence-electron chi connectivity index (χ1n) is 8.54. The van der Waals surface area contributed by atoms with Gasteiger partial charge in [0.25, 0.3) is 0 Å². The molecular weight excluding hydrogens is 274 g/mol. The Labute approximate surface area is 133 Å². The lowest BCUT2D eigenvalue weighted by atomic mass is 9.94. The Morgan fingerprint density at radius 1 is 1.05 bits per heavy atom. The van der Waals surface area contributed by atoms with E-state index in [4.69, 9.17) is 0 Å². The number of benzene rings is 1. The summed E-state index contributed by atoms with van der Waals surface area (Å²) in [6.45, 7) is 6.61. The van der Waals surface area contributed by atoms with Gasteiger partial charge in [0.05, 0.1) is 6.17 Å². The largest absolute Gasteiger partial charge is 0.369 e. The summed E-state index contributed by atoms with van der Waals surface area (Å²) in [5.74, 6) is 0.433. The van der Waals surface area contributed by atoms with Gasteiger partial charge in [0, 0.05) is 50.7 Å². The monoisotopic (exact) mass is 301 g/mol. The fourth-order valence-electron chi connectivity index (χ4n) is 3.56.